The van der Waals surface area contributed by atoms with Crippen LogP contribution in [0.3, 0.4) is 0 Å². The topological polar surface area (TPSA) is 128 Å². The number of thiocarbonyl (C=S) groups is 1. The Morgan fingerprint density at radius 2 is 1.90 bits per heavy atom. The Kier molecular flexibility index (Phi) is 5.75. The monoisotopic (exact) mass is 432 g/mol. The van der Waals surface area contributed by atoms with Crippen LogP contribution in [0.2, 0.25) is 0 Å². The van der Waals surface area contributed by atoms with Crippen molar-refractivity contribution in [2.45, 2.75) is 0 Å². The number of nitrogens with one attached hydrogen (secondary N) is 1. The van der Waals surface area contributed by atoms with Gasteiger partial charge >= 0.3 is 5.69 Å². The lowest BCUT2D eigenvalue weighted by Crippen LogP contribution is -2.34. The van der Waals surface area contributed by atoms with Crippen LogP contribution in [0.4, 0.5) is 17.1 Å². The van der Waals surface area contributed by atoms with Crippen LogP contribution in [-0.2, 0) is 4.79 Å². The molecule has 1 saturated heterocycles. The molecule has 0 spiro atoms. The van der Waals surface area contributed by atoms with Gasteiger partial charge in [-0.1, -0.05) is 30.0 Å². The number of ether oxygens (including phenoxy) is 1. The Morgan fingerprint density at radius 3 is 2.55 bits per heavy atom. The molecule has 12 heteroatoms. The number of nitro groups is 2. The minimum atomic E-state index is -0.780. The summed E-state index contributed by atoms with van der Waals surface area (Å²) >= 11 is 6.21. The van der Waals surface area contributed by atoms with E-state index in [1.807, 2.05) is 0 Å². The number of hydrazine groups is 1. The molecule has 1 fully saturated rings. The third-order valence-corrected chi connectivity index (χ3v) is 5.14. The fourth-order valence-corrected chi connectivity index (χ4v) is 3.66. The number of para-hydroxylation sites is 1. The highest BCUT2D eigenvalue weighted by Gasteiger charge is 2.34. The van der Waals surface area contributed by atoms with E-state index in [0.29, 0.717) is 11.3 Å². The van der Waals surface area contributed by atoms with E-state index >= 15 is 0 Å². The summed E-state index contributed by atoms with van der Waals surface area (Å²) in [6, 6.07) is 10.1. The van der Waals surface area contributed by atoms with Gasteiger partial charge < -0.3 is 4.74 Å². The lowest BCUT2D eigenvalue weighted by molar-refractivity contribution is -0.393. The average Bonchev–Trinajstić information content (AvgIpc) is 2.95. The number of thioether (sulfide) groups is 1. The van der Waals surface area contributed by atoms with Gasteiger partial charge in [0.15, 0.2) is 4.32 Å². The molecule has 0 aromatic heterocycles. The molecule has 0 saturated carbocycles. The van der Waals surface area contributed by atoms with Gasteiger partial charge in [0.1, 0.15) is 11.4 Å². The molecule has 1 N–H and O–H groups in total. The van der Waals surface area contributed by atoms with Crippen molar-refractivity contribution < 1.29 is 19.4 Å². The molecule has 0 aliphatic carbocycles. The normalized spacial score (nSPS) is 14.9. The van der Waals surface area contributed by atoms with Crippen molar-refractivity contribution in [3.8, 4) is 5.75 Å². The van der Waals surface area contributed by atoms with Gasteiger partial charge in [-0.05, 0) is 30.4 Å². The Labute approximate surface area is 173 Å². The highest BCUT2D eigenvalue weighted by Crippen LogP contribution is 2.36. The van der Waals surface area contributed by atoms with Gasteiger partial charge in [0.25, 0.3) is 11.6 Å². The third-order valence-electron chi connectivity index (χ3n) is 3.84. The van der Waals surface area contributed by atoms with Crippen molar-refractivity contribution in [2.75, 3.05) is 12.5 Å². The van der Waals surface area contributed by atoms with E-state index in [0.717, 1.165) is 35.0 Å². The number of benzene rings is 2. The van der Waals surface area contributed by atoms with Gasteiger partial charge in [0.2, 0.25) is 0 Å². The quantitative estimate of drug-likeness (QED) is 0.314. The number of amides is 1. The zero-order valence-corrected chi connectivity index (χ0v) is 16.4. The fourth-order valence-electron chi connectivity index (χ4n) is 2.49. The smallest absolute Gasteiger partial charge is 0.300 e. The molecule has 1 aliphatic rings. The van der Waals surface area contributed by atoms with Crippen molar-refractivity contribution in [1.82, 2.24) is 5.01 Å². The minimum Gasteiger partial charge on any atom is -0.496 e. The summed E-state index contributed by atoms with van der Waals surface area (Å²) in [5.74, 6) is 0.0512. The molecule has 29 heavy (non-hydrogen) atoms. The second-order valence-electron chi connectivity index (χ2n) is 5.59. The Bertz CT molecular complexity index is 1070. The molecule has 2 aromatic rings. The highest BCUT2D eigenvalue weighted by molar-refractivity contribution is 8.26. The number of nitro benzene ring substituents is 2. The second kappa shape index (κ2) is 8.24. The van der Waals surface area contributed by atoms with E-state index in [1.165, 1.54) is 7.11 Å². The van der Waals surface area contributed by atoms with Crippen LogP contribution in [-0.4, -0.2) is 32.2 Å². The van der Waals surface area contributed by atoms with Crippen LogP contribution in [0.1, 0.15) is 5.56 Å². The maximum atomic E-state index is 12.7. The summed E-state index contributed by atoms with van der Waals surface area (Å²) in [6.45, 7) is 0. The summed E-state index contributed by atoms with van der Waals surface area (Å²) in [7, 11) is 1.51. The summed E-state index contributed by atoms with van der Waals surface area (Å²) in [6.07, 6.45) is 1.60. The van der Waals surface area contributed by atoms with Crippen molar-refractivity contribution >= 4 is 57.3 Å². The standard InChI is InChI=1S/C17H12N4O6S2/c1-27-14-5-3-2-4-10(14)8-15-16(22)19(17(28)29-15)18-12-7-6-11(20(23)24)9-13(12)21(25)26/h2-9,18H,1H3/b15-8+. The molecular weight excluding hydrogens is 420 g/mol. The Morgan fingerprint density at radius 1 is 1.17 bits per heavy atom. The molecule has 0 bridgehead atoms. The van der Waals surface area contributed by atoms with E-state index in [2.05, 4.69) is 5.43 Å². The van der Waals surface area contributed by atoms with Crippen molar-refractivity contribution in [1.29, 1.82) is 0 Å². The van der Waals surface area contributed by atoms with Gasteiger partial charge in [0, 0.05) is 11.6 Å². The maximum absolute atomic E-state index is 12.7. The van der Waals surface area contributed by atoms with Gasteiger partial charge in [-0.15, -0.1) is 0 Å². The third kappa shape index (κ3) is 4.17. The van der Waals surface area contributed by atoms with Crippen molar-refractivity contribution in [3.63, 3.8) is 0 Å². The first kappa shape index (κ1) is 20.2. The average molecular weight is 432 g/mol. The number of non-ortho nitro benzene ring substituents is 1. The molecular formula is C17H12N4O6S2. The lowest BCUT2D eigenvalue weighted by Gasteiger charge is -2.16. The fraction of sp³-hybridized carbons (Fsp3) is 0.0588. The number of hydrogen-bond donors (Lipinski definition) is 1. The van der Waals surface area contributed by atoms with Crippen molar-refractivity contribution in [2.24, 2.45) is 0 Å². The SMILES string of the molecule is COc1ccccc1/C=C1/SC(=S)N(Nc2ccc([N+](=O)[O-])cc2[N+](=O)[O-])C1=O. The molecule has 1 heterocycles. The molecule has 0 atom stereocenters. The first-order chi connectivity index (χ1) is 13.8. The van der Waals surface area contributed by atoms with E-state index in [1.54, 1.807) is 30.3 Å². The summed E-state index contributed by atoms with van der Waals surface area (Å²) in [4.78, 5) is 33.7. The number of nitrogens with zero attached hydrogens (tertiary/aromatic N) is 3. The number of methoxy groups -OCH3 is 1. The van der Waals surface area contributed by atoms with Crippen LogP contribution >= 0.6 is 24.0 Å². The second-order valence-corrected chi connectivity index (χ2v) is 7.26. The molecule has 148 valence electrons. The summed E-state index contributed by atoms with van der Waals surface area (Å²) < 4.78 is 5.38. The number of carbonyl (C=O) groups is 1. The van der Waals surface area contributed by atoms with Gasteiger partial charge in [-0.25, -0.2) is 5.01 Å². The first-order valence-electron chi connectivity index (χ1n) is 7.92. The highest BCUT2D eigenvalue weighted by atomic mass is 32.2. The van der Waals surface area contributed by atoms with E-state index < -0.39 is 27.1 Å². The summed E-state index contributed by atoms with van der Waals surface area (Å²) in [5.41, 5.74) is 2.15. The first-order valence-corrected chi connectivity index (χ1v) is 9.14. The Hall–Kier alpha value is -3.51. The number of hydrogen-bond acceptors (Lipinski definition) is 9. The van der Waals surface area contributed by atoms with Crippen LogP contribution in [0.5, 0.6) is 5.75 Å². The van der Waals surface area contributed by atoms with Gasteiger partial charge in [0.05, 0.1) is 27.9 Å². The molecule has 1 aliphatic heterocycles. The van der Waals surface area contributed by atoms with Crippen LogP contribution in [0.25, 0.3) is 6.08 Å². The molecule has 1 amide bonds. The van der Waals surface area contributed by atoms with E-state index in [4.69, 9.17) is 17.0 Å². The van der Waals surface area contributed by atoms with E-state index in [9.17, 15) is 25.0 Å². The van der Waals surface area contributed by atoms with Gasteiger partial charge in [-0.3, -0.25) is 30.4 Å². The minimum absolute atomic E-state index is 0.101. The summed E-state index contributed by atoms with van der Waals surface area (Å²) in [5, 5.41) is 23.1. The molecule has 10 nitrogen and oxygen atoms in total. The molecule has 3 rings (SSSR count). The number of anilines is 1. The van der Waals surface area contributed by atoms with Crippen LogP contribution in [0.15, 0.2) is 47.4 Å². The number of carbonyl (C=O) groups excluding carboxylic acids is 1. The zero-order chi connectivity index (χ0) is 21.1. The molecule has 2 aromatic carbocycles. The molecule has 0 unspecified atom stereocenters. The molecule has 0 radical (unpaired) electrons. The predicted octanol–water partition coefficient (Wildman–Crippen LogP) is 3.74. The zero-order valence-electron chi connectivity index (χ0n) is 14.7. The van der Waals surface area contributed by atoms with Crippen molar-refractivity contribution in [3.05, 3.63) is 73.2 Å². The lowest BCUT2D eigenvalue weighted by atomic mass is 10.2. The van der Waals surface area contributed by atoms with Crippen LogP contribution < -0.4 is 10.2 Å². The Balaban J connectivity index is 1.91. The van der Waals surface area contributed by atoms with Gasteiger partial charge in [-0.2, -0.15) is 0 Å². The number of rotatable bonds is 6. The predicted molar refractivity (Wildman–Crippen MR) is 111 cm³/mol. The van der Waals surface area contributed by atoms with Crippen LogP contribution in [0, 0.1) is 20.2 Å². The van der Waals surface area contributed by atoms with E-state index in [-0.39, 0.29) is 14.9 Å². The largest absolute Gasteiger partial charge is 0.496 e. The maximum Gasteiger partial charge on any atom is 0.300 e.